The van der Waals surface area contributed by atoms with Gasteiger partial charge in [-0.25, -0.2) is 4.39 Å². The summed E-state index contributed by atoms with van der Waals surface area (Å²) in [6.07, 6.45) is 2.02. The normalized spacial score (nSPS) is 14.0. The summed E-state index contributed by atoms with van der Waals surface area (Å²) < 4.78 is 13.3. The second-order valence-electron chi connectivity index (χ2n) is 5.50. The molecule has 0 spiro atoms. The molecule has 3 rings (SSSR count). The van der Waals surface area contributed by atoms with E-state index >= 15 is 0 Å². The minimum absolute atomic E-state index is 0.292. The number of nitrogens with zero attached hydrogens (tertiary/aromatic N) is 1. The number of aliphatic hydroxyl groups is 1. The molecule has 0 amide bonds. The van der Waals surface area contributed by atoms with Gasteiger partial charge in [0.2, 0.25) is 0 Å². The van der Waals surface area contributed by atoms with Crippen LogP contribution in [0.1, 0.15) is 18.1 Å². The van der Waals surface area contributed by atoms with Gasteiger partial charge in [-0.1, -0.05) is 30.3 Å². The molecule has 0 aliphatic carbocycles. The lowest BCUT2D eigenvalue weighted by Gasteiger charge is -2.24. The van der Waals surface area contributed by atoms with Gasteiger partial charge in [-0.2, -0.15) is 0 Å². The Balaban J connectivity index is 1.95. The van der Waals surface area contributed by atoms with Crippen molar-refractivity contribution in [2.75, 3.05) is 0 Å². The van der Waals surface area contributed by atoms with Crippen molar-refractivity contribution in [1.29, 1.82) is 0 Å². The highest BCUT2D eigenvalue weighted by Gasteiger charge is 2.24. The largest absolute Gasteiger partial charge is 0.385 e. The van der Waals surface area contributed by atoms with E-state index in [2.05, 4.69) is 4.98 Å². The first-order valence-corrected chi connectivity index (χ1v) is 6.87. The Morgan fingerprint density at radius 2 is 1.90 bits per heavy atom. The molecule has 0 bridgehead atoms. The quantitative estimate of drug-likeness (QED) is 0.791. The van der Waals surface area contributed by atoms with Crippen molar-refractivity contribution in [2.45, 2.75) is 18.9 Å². The minimum atomic E-state index is -1.09. The maximum absolute atomic E-state index is 13.3. The van der Waals surface area contributed by atoms with Gasteiger partial charge in [0.25, 0.3) is 0 Å². The molecule has 106 valence electrons. The monoisotopic (exact) mass is 281 g/mol. The molecule has 0 aliphatic heterocycles. The molecule has 3 aromatic rings. The van der Waals surface area contributed by atoms with Crippen molar-refractivity contribution in [3.05, 3.63) is 77.7 Å². The topological polar surface area (TPSA) is 33.1 Å². The predicted molar refractivity (Wildman–Crippen MR) is 81.4 cm³/mol. The van der Waals surface area contributed by atoms with Crippen LogP contribution in [0.3, 0.4) is 0 Å². The number of rotatable bonds is 3. The molecule has 2 nitrogen and oxygen atoms in total. The van der Waals surface area contributed by atoms with Crippen LogP contribution in [0.2, 0.25) is 0 Å². The molecule has 21 heavy (non-hydrogen) atoms. The van der Waals surface area contributed by atoms with Crippen molar-refractivity contribution >= 4 is 10.9 Å². The number of benzene rings is 2. The Kier molecular flexibility index (Phi) is 3.43. The summed E-state index contributed by atoms with van der Waals surface area (Å²) >= 11 is 0. The number of para-hydroxylation sites is 1. The summed E-state index contributed by atoms with van der Waals surface area (Å²) in [5.41, 5.74) is 1.28. The predicted octanol–water partition coefficient (Wildman–Crippen LogP) is 3.82. The number of aromatic nitrogens is 1. The molecule has 1 heterocycles. The van der Waals surface area contributed by atoms with Crippen molar-refractivity contribution < 1.29 is 9.50 Å². The van der Waals surface area contributed by atoms with Gasteiger partial charge in [-0.15, -0.1) is 0 Å². The molecule has 3 heteroatoms. The van der Waals surface area contributed by atoms with Gasteiger partial charge < -0.3 is 5.11 Å². The molecule has 1 atom stereocenters. The van der Waals surface area contributed by atoms with Gasteiger partial charge in [-0.05, 0) is 36.8 Å². The number of hydrogen-bond acceptors (Lipinski definition) is 2. The molecule has 1 N–H and O–H groups in total. The first-order valence-electron chi connectivity index (χ1n) is 6.87. The molecular weight excluding hydrogens is 265 g/mol. The Morgan fingerprint density at radius 1 is 1.10 bits per heavy atom. The third-order valence-electron chi connectivity index (χ3n) is 3.65. The fourth-order valence-electron chi connectivity index (χ4n) is 2.51. The number of pyridine rings is 1. The van der Waals surface area contributed by atoms with E-state index < -0.39 is 5.60 Å². The SMILES string of the molecule is CC(O)(Cc1cccc(F)c1)c1cnc2ccccc2c1. The smallest absolute Gasteiger partial charge is 0.123 e. The van der Waals surface area contributed by atoms with Gasteiger partial charge >= 0.3 is 0 Å². The van der Waals surface area contributed by atoms with Gasteiger partial charge in [0.1, 0.15) is 5.82 Å². The fraction of sp³-hybridized carbons (Fsp3) is 0.167. The zero-order valence-corrected chi connectivity index (χ0v) is 11.8. The lowest BCUT2D eigenvalue weighted by molar-refractivity contribution is 0.0574. The summed E-state index contributed by atoms with van der Waals surface area (Å²) in [4.78, 5) is 4.37. The molecule has 0 saturated carbocycles. The minimum Gasteiger partial charge on any atom is -0.385 e. The lowest BCUT2D eigenvalue weighted by atomic mass is 9.89. The molecule has 1 aromatic heterocycles. The summed E-state index contributed by atoms with van der Waals surface area (Å²) in [6, 6.07) is 16.0. The van der Waals surface area contributed by atoms with E-state index in [1.165, 1.54) is 12.1 Å². The second-order valence-corrected chi connectivity index (χ2v) is 5.50. The fourth-order valence-corrected chi connectivity index (χ4v) is 2.51. The van der Waals surface area contributed by atoms with E-state index in [9.17, 15) is 9.50 Å². The van der Waals surface area contributed by atoms with Gasteiger partial charge in [0.15, 0.2) is 0 Å². The highest BCUT2D eigenvalue weighted by Crippen LogP contribution is 2.27. The maximum Gasteiger partial charge on any atom is 0.123 e. The van der Waals surface area contributed by atoms with Crippen LogP contribution in [0.5, 0.6) is 0 Å². The van der Waals surface area contributed by atoms with Gasteiger partial charge in [-0.3, -0.25) is 4.98 Å². The van der Waals surface area contributed by atoms with Gasteiger partial charge in [0.05, 0.1) is 11.1 Å². The first kappa shape index (κ1) is 13.7. The van der Waals surface area contributed by atoms with Crippen LogP contribution >= 0.6 is 0 Å². The van der Waals surface area contributed by atoms with Crippen LogP contribution < -0.4 is 0 Å². The number of hydrogen-bond donors (Lipinski definition) is 1. The molecule has 0 saturated heterocycles. The second kappa shape index (κ2) is 5.26. The van der Waals surface area contributed by atoms with Crippen molar-refractivity contribution in [3.63, 3.8) is 0 Å². The Morgan fingerprint density at radius 3 is 2.71 bits per heavy atom. The van der Waals surface area contributed by atoms with Crippen molar-refractivity contribution in [3.8, 4) is 0 Å². The van der Waals surface area contributed by atoms with E-state index in [1.807, 2.05) is 36.4 Å². The molecular formula is C18H16FNO. The highest BCUT2D eigenvalue weighted by molar-refractivity contribution is 5.78. The molecule has 1 unspecified atom stereocenters. The molecule has 0 radical (unpaired) electrons. The van der Waals surface area contributed by atoms with E-state index in [0.29, 0.717) is 6.42 Å². The average Bonchev–Trinajstić information content (AvgIpc) is 2.46. The van der Waals surface area contributed by atoms with Crippen molar-refractivity contribution in [1.82, 2.24) is 4.98 Å². The van der Waals surface area contributed by atoms with E-state index in [0.717, 1.165) is 22.0 Å². The zero-order valence-electron chi connectivity index (χ0n) is 11.8. The number of fused-ring (bicyclic) bond motifs is 1. The average molecular weight is 281 g/mol. The molecule has 2 aromatic carbocycles. The highest BCUT2D eigenvalue weighted by atomic mass is 19.1. The zero-order chi connectivity index (χ0) is 14.9. The molecule has 0 fully saturated rings. The summed E-state index contributed by atoms with van der Waals surface area (Å²) in [7, 11) is 0. The van der Waals surface area contributed by atoms with Gasteiger partial charge in [0, 0.05) is 23.6 Å². The summed E-state index contributed by atoms with van der Waals surface area (Å²) in [5.74, 6) is -0.292. The molecule has 0 aliphatic rings. The number of halogens is 1. The Hall–Kier alpha value is -2.26. The third-order valence-corrected chi connectivity index (χ3v) is 3.65. The Bertz CT molecular complexity index is 783. The van der Waals surface area contributed by atoms with E-state index in [-0.39, 0.29) is 5.82 Å². The van der Waals surface area contributed by atoms with E-state index in [4.69, 9.17) is 0 Å². The van der Waals surface area contributed by atoms with Crippen LogP contribution in [0.25, 0.3) is 10.9 Å². The standard InChI is InChI=1S/C18H16FNO/c1-18(21,11-13-5-4-7-16(19)9-13)15-10-14-6-2-3-8-17(14)20-12-15/h2-10,12,21H,11H2,1H3. The summed E-state index contributed by atoms with van der Waals surface area (Å²) in [5, 5.41) is 11.7. The Labute approximate surface area is 122 Å². The first-order chi connectivity index (χ1) is 10.0. The van der Waals surface area contributed by atoms with Crippen LogP contribution in [0.15, 0.2) is 60.8 Å². The van der Waals surface area contributed by atoms with Crippen LogP contribution in [-0.2, 0) is 12.0 Å². The lowest BCUT2D eigenvalue weighted by Crippen LogP contribution is -2.24. The van der Waals surface area contributed by atoms with Crippen LogP contribution in [-0.4, -0.2) is 10.1 Å². The third kappa shape index (κ3) is 2.93. The van der Waals surface area contributed by atoms with Crippen molar-refractivity contribution in [2.24, 2.45) is 0 Å². The van der Waals surface area contributed by atoms with E-state index in [1.54, 1.807) is 19.2 Å². The summed E-state index contributed by atoms with van der Waals surface area (Å²) in [6.45, 7) is 1.73. The maximum atomic E-state index is 13.3. The van der Waals surface area contributed by atoms with Crippen LogP contribution in [0.4, 0.5) is 4.39 Å². The van der Waals surface area contributed by atoms with Crippen LogP contribution in [0, 0.1) is 5.82 Å².